The molecular formula is C17H17NO3. The van der Waals surface area contributed by atoms with Crippen molar-refractivity contribution in [2.45, 2.75) is 18.6 Å². The van der Waals surface area contributed by atoms with Crippen LogP contribution in [0, 0.1) is 0 Å². The summed E-state index contributed by atoms with van der Waals surface area (Å²) in [6.45, 7) is 0.567. The second-order valence-corrected chi connectivity index (χ2v) is 5.17. The third-order valence-corrected chi connectivity index (χ3v) is 3.65. The summed E-state index contributed by atoms with van der Waals surface area (Å²) in [6.07, 6.45) is 0.407. The zero-order valence-corrected chi connectivity index (χ0v) is 11.5. The molecule has 1 unspecified atom stereocenters. The molecule has 0 spiro atoms. The summed E-state index contributed by atoms with van der Waals surface area (Å²) < 4.78 is 5.82. The Kier molecular flexibility index (Phi) is 3.88. The lowest BCUT2D eigenvalue weighted by molar-refractivity contribution is -0.139. The number of nitrogens with one attached hydrogen (secondary N) is 1. The van der Waals surface area contributed by atoms with Crippen molar-refractivity contribution in [2.24, 2.45) is 0 Å². The minimum absolute atomic E-state index is 0.0892. The van der Waals surface area contributed by atoms with Gasteiger partial charge in [-0.1, -0.05) is 42.5 Å². The van der Waals surface area contributed by atoms with E-state index in [0.29, 0.717) is 13.0 Å². The van der Waals surface area contributed by atoms with Gasteiger partial charge in [0.2, 0.25) is 0 Å². The number of carboxylic acids is 1. The Morgan fingerprint density at radius 2 is 1.71 bits per heavy atom. The molecule has 0 aromatic heterocycles. The van der Waals surface area contributed by atoms with Gasteiger partial charge in [-0.05, 0) is 23.3 Å². The molecule has 0 amide bonds. The highest BCUT2D eigenvalue weighted by Crippen LogP contribution is 2.23. The second-order valence-electron chi connectivity index (χ2n) is 5.17. The van der Waals surface area contributed by atoms with E-state index in [1.165, 1.54) is 0 Å². The zero-order valence-electron chi connectivity index (χ0n) is 11.5. The first-order valence-electron chi connectivity index (χ1n) is 7.01. The van der Waals surface area contributed by atoms with Crippen LogP contribution in [0.4, 0.5) is 0 Å². The van der Waals surface area contributed by atoms with Gasteiger partial charge in [-0.3, -0.25) is 4.79 Å². The van der Waals surface area contributed by atoms with Crippen molar-refractivity contribution < 1.29 is 14.6 Å². The molecule has 3 rings (SSSR count). The van der Waals surface area contributed by atoms with Crippen molar-refractivity contribution in [1.29, 1.82) is 0 Å². The van der Waals surface area contributed by atoms with Gasteiger partial charge in [0, 0.05) is 13.0 Å². The normalized spacial score (nSPS) is 21.1. The van der Waals surface area contributed by atoms with Gasteiger partial charge in [-0.15, -0.1) is 0 Å². The summed E-state index contributed by atoms with van der Waals surface area (Å²) >= 11 is 0. The molecule has 4 nitrogen and oxygen atoms in total. The summed E-state index contributed by atoms with van der Waals surface area (Å²) in [4.78, 5) is 10.9. The van der Waals surface area contributed by atoms with E-state index in [9.17, 15) is 4.79 Å². The molecule has 4 heteroatoms. The molecule has 0 saturated carbocycles. The van der Waals surface area contributed by atoms with Gasteiger partial charge in [0.25, 0.3) is 0 Å². The van der Waals surface area contributed by atoms with Crippen LogP contribution in [0.2, 0.25) is 0 Å². The highest BCUT2D eigenvalue weighted by atomic mass is 16.5. The van der Waals surface area contributed by atoms with Gasteiger partial charge in [0.05, 0.1) is 0 Å². The van der Waals surface area contributed by atoms with Crippen LogP contribution >= 0.6 is 0 Å². The standard InChI is InChI=1S/C17H17NO3/c19-17(20)16-10-15(11-18-16)21-14-8-6-13(7-9-14)12-4-2-1-3-5-12/h1-9,15-16,18H,10-11H2,(H,19,20)/t15?,16-/m0/s1. The van der Waals surface area contributed by atoms with E-state index in [2.05, 4.69) is 17.4 Å². The van der Waals surface area contributed by atoms with Gasteiger partial charge >= 0.3 is 5.97 Å². The molecule has 1 saturated heterocycles. The fraction of sp³-hybridized carbons (Fsp3) is 0.235. The first-order valence-corrected chi connectivity index (χ1v) is 7.01. The summed E-state index contributed by atoms with van der Waals surface area (Å²) in [5.74, 6) is -0.0481. The molecule has 0 bridgehead atoms. The smallest absolute Gasteiger partial charge is 0.320 e. The summed E-state index contributed by atoms with van der Waals surface area (Å²) in [7, 11) is 0. The lowest BCUT2D eigenvalue weighted by Crippen LogP contribution is -2.30. The quantitative estimate of drug-likeness (QED) is 0.905. The number of benzene rings is 2. The predicted molar refractivity (Wildman–Crippen MR) is 80.3 cm³/mol. The Hall–Kier alpha value is -2.33. The molecule has 2 aromatic rings. The van der Waals surface area contributed by atoms with E-state index >= 15 is 0 Å². The van der Waals surface area contributed by atoms with Crippen molar-refractivity contribution >= 4 is 5.97 Å². The van der Waals surface area contributed by atoms with Crippen LogP contribution in [-0.4, -0.2) is 29.8 Å². The average molecular weight is 283 g/mol. The molecule has 1 aliphatic heterocycles. The predicted octanol–water partition coefficient (Wildman–Crippen LogP) is 2.55. The van der Waals surface area contributed by atoms with Crippen LogP contribution < -0.4 is 10.1 Å². The molecular weight excluding hydrogens is 266 g/mol. The summed E-state index contributed by atoms with van der Waals surface area (Å²) in [5.41, 5.74) is 2.30. The maximum Gasteiger partial charge on any atom is 0.320 e. The topological polar surface area (TPSA) is 58.6 Å². The fourth-order valence-electron chi connectivity index (χ4n) is 2.53. The van der Waals surface area contributed by atoms with E-state index in [-0.39, 0.29) is 6.10 Å². The third kappa shape index (κ3) is 3.23. The minimum Gasteiger partial charge on any atom is -0.489 e. The summed E-state index contributed by atoms with van der Waals surface area (Å²) in [5, 5.41) is 11.9. The Balaban J connectivity index is 1.64. The zero-order chi connectivity index (χ0) is 14.7. The number of hydrogen-bond acceptors (Lipinski definition) is 3. The van der Waals surface area contributed by atoms with E-state index in [1.807, 2.05) is 42.5 Å². The lowest BCUT2D eigenvalue weighted by atomic mass is 10.1. The van der Waals surface area contributed by atoms with Gasteiger partial charge in [0.15, 0.2) is 0 Å². The molecule has 108 valence electrons. The number of rotatable bonds is 4. The Morgan fingerprint density at radius 1 is 1.05 bits per heavy atom. The molecule has 2 atom stereocenters. The van der Waals surface area contributed by atoms with E-state index in [4.69, 9.17) is 9.84 Å². The van der Waals surface area contributed by atoms with E-state index < -0.39 is 12.0 Å². The van der Waals surface area contributed by atoms with Crippen molar-refractivity contribution in [3.05, 3.63) is 54.6 Å². The molecule has 2 N–H and O–H groups in total. The van der Waals surface area contributed by atoms with E-state index in [0.717, 1.165) is 16.9 Å². The molecule has 21 heavy (non-hydrogen) atoms. The number of hydrogen-bond donors (Lipinski definition) is 2. The van der Waals surface area contributed by atoms with Gasteiger partial charge in [-0.2, -0.15) is 0 Å². The molecule has 0 aliphatic carbocycles. The Bertz CT molecular complexity index is 610. The Labute approximate surface area is 123 Å². The minimum atomic E-state index is -0.819. The van der Waals surface area contributed by atoms with Gasteiger partial charge in [-0.25, -0.2) is 0 Å². The van der Waals surface area contributed by atoms with Crippen LogP contribution in [-0.2, 0) is 4.79 Å². The van der Waals surface area contributed by atoms with Crippen molar-refractivity contribution in [1.82, 2.24) is 5.32 Å². The number of aliphatic carboxylic acids is 1. The van der Waals surface area contributed by atoms with Crippen LogP contribution in [0.1, 0.15) is 6.42 Å². The Morgan fingerprint density at radius 3 is 2.33 bits per heavy atom. The molecule has 1 heterocycles. The van der Waals surface area contributed by atoms with Gasteiger partial charge < -0.3 is 15.2 Å². The SMILES string of the molecule is O=C(O)[C@@H]1CC(Oc2ccc(-c3ccccc3)cc2)CN1. The highest BCUT2D eigenvalue weighted by Gasteiger charge is 2.30. The first kappa shape index (κ1) is 13.6. The van der Waals surface area contributed by atoms with Crippen LogP contribution in [0.3, 0.4) is 0 Å². The summed E-state index contributed by atoms with van der Waals surface area (Å²) in [6, 6.07) is 17.5. The number of ether oxygens (including phenoxy) is 1. The average Bonchev–Trinajstić information content (AvgIpc) is 2.98. The van der Waals surface area contributed by atoms with Crippen LogP contribution in [0.25, 0.3) is 11.1 Å². The molecule has 1 fully saturated rings. The maximum absolute atomic E-state index is 10.9. The largest absolute Gasteiger partial charge is 0.489 e. The van der Waals surface area contributed by atoms with Crippen molar-refractivity contribution in [3.63, 3.8) is 0 Å². The van der Waals surface area contributed by atoms with Gasteiger partial charge in [0.1, 0.15) is 17.9 Å². The lowest BCUT2D eigenvalue weighted by Gasteiger charge is -2.13. The number of carboxylic acid groups (broad SMARTS) is 1. The maximum atomic E-state index is 10.9. The fourth-order valence-corrected chi connectivity index (χ4v) is 2.53. The van der Waals surface area contributed by atoms with E-state index in [1.54, 1.807) is 0 Å². The van der Waals surface area contributed by atoms with Crippen LogP contribution in [0.5, 0.6) is 5.75 Å². The van der Waals surface area contributed by atoms with Crippen LogP contribution in [0.15, 0.2) is 54.6 Å². The molecule has 1 aliphatic rings. The first-order chi connectivity index (χ1) is 10.2. The van der Waals surface area contributed by atoms with Crippen molar-refractivity contribution in [3.8, 4) is 16.9 Å². The molecule has 2 aromatic carbocycles. The third-order valence-electron chi connectivity index (χ3n) is 3.65. The highest BCUT2D eigenvalue weighted by molar-refractivity contribution is 5.74. The second kappa shape index (κ2) is 5.97. The molecule has 0 radical (unpaired) electrons. The number of carbonyl (C=O) groups is 1. The monoisotopic (exact) mass is 283 g/mol. The van der Waals surface area contributed by atoms with Crippen molar-refractivity contribution in [2.75, 3.05) is 6.54 Å².